The Bertz CT molecular complexity index is 932. The molecule has 0 saturated heterocycles. The zero-order chi connectivity index (χ0) is 16.6. The lowest BCUT2D eigenvalue weighted by Gasteiger charge is -2.08. The molecule has 0 aliphatic carbocycles. The van der Waals surface area contributed by atoms with E-state index < -0.39 is 16.8 Å². The summed E-state index contributed by atoms with van der Waals surface area (Å²) in [5.41, 5.74) is 2.71. The van der Waals surface area contributed by atoms with Crippen LogP contribution in [0.4, 0.5) is 4.39 Å². The number of amides is 1. The van der Waals surface area contributed by atoms with Crippen molar-refractivity contribution in [2.24, 2.45) is 0 Å². The molecule has 118 valence electrons. The Hall–Kier alpha value is -2.74. The van der Waals surface area contributed by atoms with Gasteiger partial charge < -0.3 is 0 Å². The predicted molar refractivity (Wildman–Crippen MR) is 82.8 cm³/mol. The first kappa shape index (κ1) is 15.2. The standard InChI is InChI=1S/C14H11ClFN5O2/c1-8(15)13(22)19-20-7-17-12-11(14(20)23)6-18-21(12)10-4-2-9(16)3-5-10/h2-8H,1H3,(H,19,22). The van der Waals surface area contributed by atoms with Gasteiger partial charge in [0.25, 0.3) is 11.5 Å². The Labute approximate surface area is 134 Å². The van der Waals surface area contributed by atoms with Crippen LogP contribution in [0.1, 0.15) is 6.92 Å². The molecule has 3 aromatic rings. The van der Waals surface area contributed by atoms with Crippen molar-refractivity contribution in [2.75, 3.05) is 5.43 Å². The van der Waals surface area contributed by atoms with Crippen LogP contribution in [0.15, 0.2) is 41.6 Å². The molecule has 1 atom stereocenters. The maximum Gasteiger partial charge on any atom is 0.283 e. The Kier molecular flexibility index (Phi) is 3.83. The molecule has 0 saturated carbocycles. The summed E-state index contributed by atoms with van der Waals surface area (Å²) in [7, 11) is 0. The molecule has 1 N–H and O–H groups in total. The highest BCUT2D eigenvalue weighted by molar-refractivity contribution is 6.31. The molecule has 2 aromatic heterocycles. The average Bonchev–Trinajstić information content (AvgIpc) is 2.95. The highest BCUT2D eigenvalue weighted by Gasteiger charge is 2.14. The van der Waals surface area contributed by atoms with Crippen molar-refractivity contribution in [1.29, 1.82) is 0 Å². The Morgan fingerprint density at radius 1 is 1.35 bits per heavy atom. The van der Waals surface area contributed by atoms with E-state index in [4.69, 9.17) is 11.6 Å². The molecule has 9 heteroatoms. The fourth-order valence-corrected chi connectivity index (χ4v) is 2.02. The van der Waals surface area contributed by atoms with Gasteiger partial charge in [-0.2, -0.15) is 5.10 Å². The number of fused-ring (bicyclic) bond motifs is 1. The minimum atomic E-state index is -0.792. The topological polar surface area (TPSA) is 81.8 Å². The van der Waals surface area contributed by atoms with Gasteiger partial charge in [-0.25, -0.2) is 18.7 Å². The molecule has 0 aliphatic heterocycles. The Morgan fingerprint density at radius 2 is 2.04 bits per heavy atom. The first-order valence-corrected chi connectivity index (χ1v) is 7.07. The molecule has 0 fully saturated rings. The van der Waals surface area contributed by atoms with Crippen molar-refractivity contribution >= 4 is 28.5 Å². The number of aromatic nitrogens is 4. The molecule has 0 radical (unpaired) electrons. The smallest absolute Gasteiger partial charge is 0.272 e. The van der Waals surface area contributed by atoms with Crippen LogP contribution in [-0.4, -0.2) is 30.7 Å². The van der Waals surface area contributed by atoms with E-state index in [0.29, 0.717) is 11.3 Å². The van der Waals surface area contributed by atoms with Crippen molar-refractivity contribution < 1.29 is 9.18 Å². The van der Waals surface area contributed by atoms with Gasteiger partial charge >= 0.3 is 0 Å². The van der Waals surface area contributed by atoms with Gasteiger partial charge in [-0.05, 0) is 31.2 Å². The van der Waals surface area contributed by atoms with E-state index >= 15 is 0 Å². The summed E-state index contributed by atoms with van der Waals surface area (Å²) in [5, 5.41) is 3.51. The lowest BCUT2D eigenvalue weighted by atomic mass is 10.3. The van der Waals surface area contributed by atoms with Crippen LogP contribution in [0.2, 0.25) is 0 Å². The third kappa shape index (κ3) is 2.80. The number of hydrogen-bond donors (Lipinski definition) is 1. The Balaban J connectivity index is 2.06. The van der Waals surface area contributed by atoms with E-state index in [1.807, 2.05) is 0 Å². The number of alkyl halides is 1. The monoisotopic (exact) mass is 335 g/mol. The third-order valence-corrected chi connectivity index (χ3v) is 3.35. The molecule has 1 unspecified atom stereocenters. The molecule has 0 bridgehead atoms. The van der Waals surface area contributed by atoms with Gasteiger partial charge in [-0.3, -0.25) is 15.0 Å². The van der Waals surface area contributed by atoms with Gasteiger partial charge in [0.15, 0.2) is 5.65 Å². The van der Waals surface area contributed by atoms with E-state index in [9.17, 15) is 14.0 Å². The van der Waals surface area contributed by atoms with Crippen LogP contribution in [0, 0.1) is 5.82 Å². The molecular formula is C14H11ClFN5O2. The molecule has 2 heterocycles. The third-order valence-electron chi connectivity index (χ3n) is 3.15. The normalized spacial score (nSPS) is 12.3. The van der Waals surface area contributed by atoms with Crippen molar-refractivity contribution in [3.8, 4) is 5.69 Å². The number of hydrogen-bond acceptors (Lipinski definition) is 4. The summed E-state index contributed by atoms with van der Waals surface area (Å²) in [6, 6.07) is 5.61. The number of halogens is 2. The average molecular weight is 336 g/mol. The van der Waals surface area contributed by atoms with E-state index in [2.05, 4.69) is 15.5 Å². The molecule has 3 rings (SSSR count). The van der Waals surface area contributed by atoms with Gasteiger partial charge in [-0.1, -0.05) is 0 Å². The summed E-state index contributed by atoms with van der Waals surface area (Å²) < 4.78 is 15.4. The highest BCUT2D eigenvalue weighted by Crippen LogP contribution is 2.13. The fourth-order valence-electron chi connectivity index (χ4n) is 1.97. The van der Waals surface area contributed by atoms with Crippen molar-refractivity contribution in [1.82, 2.24) is 19.4 Å². The van der Waals surface area contributed by atoms with Crippen molar-refractivity contribution in [2.45, 2.75) is 12.3 Å². The van der Waals surface area contributed by atoms with Crippen LogP contribution < -0.4 is 11.0 Å². The number of rotatable bonds is 3. The summed E-state index contributed by atoms with van der Waals surface area (Å²) in [6.45, 7) is 1.49. The molecule has 1 amide bonds. The molecule has 0 spiro atoms. The van der Waals surface area contributed by atoms with Gasteiger partial charge in [0.05, 0.1) is 11.9 Å². The maximum atomic E-state index is 13.0. The van der Waals surface area contributed by atoms with Crippen LogP contribution >= 0.6 is 11.6 Å². The van der Waals surface area contributed by atoms with Gasteiger partial charge in [0.1, 0.15) is 22.9 Å². The summed E-state index contributed by atoms with van der Waals surface area (Å²) >= 11 is 5.65. The van der Waals surface area contributed by atoms with Gasteiger partial charge in [0.2, 0.25) is 0 Å². The zero-order valence-electron chi connectivity index (χ0n) is 11.9. The number of carbonyl (C=O) groups is 1. The quantitative estimate of drug-likeness (QED) is 0.734. The van der Waals surface area contributed by atoms with Crippen LogP contribution in [-0.2, 0) is 4.79 Å². The largest absolute Gasteiger partial charge is 0.283 e. The Morgan fingerprint density at radius 3 is 2.70 bits per heavy atom. The first-order valence-electron chi connectivity index (χ1n) is 6.63. The minimum absolute atomic E-state index is 0.208. The SMILES string of the molecule is CC(Cl)C(=O)Nn1cnc2c(cnn2-c2ccc(F)cc2)c1=O. The number of benzene rings is 1. The number of nitrogens with zero attached hydrogens (tertiary/aromatic N) is 4. The summed E-state index contributed by atoms with van der Waals surface area (Å²) in [5.74, 6) is -0.903. The highest BCUT2D eigenvalue weighted by atomic mass is 35.5. The summed E-state index contributed by atoms with van der Waals surface area (Å²) in [6.07, 6.45) is 2.50. The molecule has 1 aromatic carbocycles. The maximum absolute atomic E-state index is 13.0. The molecule has 0 aliphatic rings. The van der Waals surface area contributed by atoms with Crippen LogP contribution in [0.25, 0.3) is 16.7 Å². The van der Waals surface area contributed by atoms with Crippen molar-refractivity contribution in [3.05, 3.63) is 53.0 Å². The predicted octanol–water partition coefficient (Wildman–Crippen LogP) is 1.42. The van der Waals surface area contributed by atoms with Gasteiger partial charge in [0, 0.05) is 0 Å². The zero-order valence-corrected chi connectivity index (χ0v) is 12.7. The van der Waals surface area contributed by atoms with Crippen LogP contribution in [0.3, 0.4) is 0 Å². The fraction of sp³-hybridized carbons (Fsp3) is 0.143. The lowest BCUT2D eigenvalue weighted by molar-refractivity contribution is -0.116. The second kappa shape index (κ2) is 5.81. The minimum Gasteiger partial charge on any atom is -0.272 e. The molecule has 7 nitrogen and oxygen atoms in total. The second-order valence-corrected chi connectivity index (χ2v) is 5.44. The van der Waals surface area contributed by atoms with E-state index in [1.54, 1.807) is 0 Å². The van der Waals surface area contributed by atoms with E-state index in [0.717, 1.165) is 4.68 Å². The first-order chi connectivity index (χ1) is 11.0. The lowest BCUT2D eigenvalue weighted by Crippen LogP contribution is -2.36. The van der Waals surface area contributed by atoms with E-state index in [-0.39, 0.29) is 11.2 Å². The number of carbonyl (C=O) groups excluding carboxylic acids is 1. The van der Waals surface area contributed by atoms with Crippen LogP contribution in [0.5, 0.6) is 0 Å². The second-order valence-electron chi connectivity index (χ2n) is 4.78. The molecule has 23 heavy (non-hydrogen) atoms. The van der Waals surface area contributed by atoms with E-state index in [1.165, 1.54) is 48.4 Å². The van der Waals surface area contributed by atoms with Gasteiger partial charge in [-0.15, -0.1) is 11.6 Å². The molecular weight excluding hydrogens is 325 g/mol. The summed E-state index contributed by atoms with van der Waals surface area (Å²) in [4.78, 5) is 28.0. The number of nitrogens with one attached hydrogen (secondary N) is 1. The van der Waals surface area contributed by atoms with Crippen molar-refractivity contribution in [3.63, 3.8) is 0 Å².